The van der Waals surface area contributed by atoms with Crippen LogP contribution in [0.25, 0.3) is 22.4 Å². The number of hydrogen-bond donors (Lipinski definition) is 0. The van der Waals surface area contributed by atoms with Gasteiger partial charge in [0.25, 0.3) is 11.6 Å². The zero-order valence-electron chi connectivity index (χ0n) is 16.1. The third-order valence-electron chi connectivity index (χ3n) is 4.93. The van der Waals surface area contributed by atoms with E-state index in [9.17, 15) is 4.79 Å². The molecule has 0 saturated carbocycles. The van der Waals surface area contributed by atoms with Gasteiger partial charge >= 0.3 is 0 Å². The number of benzene rings is 2. The molecule has 4 aromatic rings. The number of fused-ring (bicyclic) bond motifs is 1. The van der Waals surface area contributed by atoms with Crippen LogP contribution < -0.4 is 0 Å². The van der Waals surface area contributed by atoms with Gasteiger partial charge < -0.3 is 9.42 Å². The van der Waals surface area contributed by atoms with Crippen molar-refractivity contribution in [2.45, 2.75) is 20.4 Å². The molecule has 0 atom stereocenters. The van der Waals surface area contributed by atoms with Crippen LogP contribution in [0.15, 0.2) is 65.2 Å². The van der Waals surface area contributed by atoms with E-state index in [0.29, 0.717) is 34.6 Å². The Balaban J connectivity index is 1.77. The fourth-order valence-electron chi connectivity index (χ4n) is 3.34. The predicted octanol–water partition coefficient (Wildman–Crippen LogP) is 4.78. The standard InChI is InChI=1S/C23H21N3O2/c1-15-9-7-8-12-18(15)14-26(3)23(27)19-13-20(17-10-5-4-6-11-17)24-22-21(19)16(2)25-28-22/h4-13H,14H2,1-3H3. The number of amides is 1. The van der Waals surface area contributed by atoms with E-state index in [0.717, 1.165) is 16.7 Å². The first-order valence-corrected chi connectivity index (χ1v) is 9.17. The van der Waals surface area contributed by atoms with E-state index in [1.54, 1.807) is 4.90 Å². The van der Waals surface area contributed by atoms with E-state index < -0.39 is 0 Å². The zero-order chi connectivity index (χ0) is 19.7. The summed E-state index contributed by atoms with van der Waals surface area (Å²) in [4.78, 5) is 19.6. The Kier molecular flexibility index (Phi) is 4.65. The van der Waals surface area contributed by atoms with Gasteiger partial charge in [0, 0.05) is 19.2 Å². The van der Waals surface area contributed by atoms with Crippen LogP contribution in [-0.2, 0) is 6.54 Å². The van der Waals surface area contributed by atoms with Crippen molar-refractivity contribution in [1.82, 2.24) is 15.0 Å². The summed E-state index contributed by atoms with van der Waals surface area (Å²) in [5.74, 6) is -0.0841. The molecule has 0 saturated heterocycles. The average molecular weight is 371 g/mol. The van der Waals surface area contributed by atoms with Crippen LogP contribution in [0.5, 0.6) is 0 Å². The summed E-state index contributed by atoms with van der Waals surface area (Å²) < 4.78 is 5.39. The van der Waals surface area contributed by atoms with Crippen LogP contribution in [0.2, 0.25) is 0 Å². The lowest BCUT2D eigenvalue weighted by Crippen LogP contribution is -2.27. The molecule has 0 N–H and O–H groups in total. The maximum Gasteiger partial charge on any atom is 0.259 e. The number of hydrogen-bond acceptors (Lipinski definition) is 4. The van der Waals surface area contributed by atoms with Gasteiger partial charge in [-0.1, -0.05) is 59.8 Å². The molecule has 0 spiro atoms. The number of nitrogens with zero attached hydrogens (tertiary/aromatic N) is 3. The van der Waals surface area contributed by atoms with E-state index in [-0.39, 0.29) is 5.91 Å². The Morgan fingerprint density at radius 1 is 1.04 bits per heavy atom. The van der Waals surface area contributed by atoms with Crippen LogP contribution in [-0.4, -0.2) is 28.0 Å². The van der Waals surface area contributed by atoms with E-state index in [4.69, 9.17) is 4.52 Å². The van der Waals surface area contributed by atoms with E-state index in [1.807, 2.05) is 68.6 Å². The SMILES string of the molecule is Cc1ccccc1CN(C)C(=O)c1cc(-c2ccccc2)nc2onc(C)c12. The van der Waals surface area contributed by atoms with Crippen LogP contribution >= 0.6 is 0 Å². The molecule has 4 rings (SSSR count). The van der Waals surface area contributed by atoms with Crippen molar-refractivity contribution in [3.8, 4) is 11.3 Å². The average Bonchev–Trinajstić information content (AvgIpc) is 3.10. The Hall–Kier alpha value is -3.47. The number of rotatable bonds is 4. The lowest BCUT2D eigenvalue weighted by Gasteiger charge is -2.19. The molecule has 5 heteroatoms. The number of carbonyl (C=O) groups is 1. The third kappa shape index (κ3) is 3.27. The minimum absolute atomic E-state index is 0.0841. The van der Waals surface area contributed by atoms with Crippen LogP contribution in [0, 0.1) is 13.8 Å². The van der Waals surface area contributed by atoms with Crippen molar-refractivity contribution in [2.24, 2.45) is 0 Å². The van der Waals surface area contributed by atoms with Gasteiger partial charge in [0.2, 0.25) is 0 Å². The largest absolute Gasteiger partial charge is 0.337 e. The normalized spacial score (nSPS) is 11.0. The second kappa shape index (κ2) is 7.27. The van der Waals surface area contributed by atoms with Gasteiger partial charge in [-0.3, -0.25) is 4.79 Å². The van der Waals surface area contributed by atoms with Crippen molar-refractivity contribution >= 4 is 17.0 Å². The fourth-order valence-corrected chi connectivity index (χ4v) is 3.34. The first-order chi connectivity index (χ1) is 13.5. The molecular weight excluding hydrogens is 350 g/mol. The number of carbonyl (C=O) groups excluding carboxylic acids is 1. The summed E-state index contributed by atoms with van der Waals surface area (Å²) in [6.45, 7) is 4.41. The van der Waals surface area contributed by atoms with E-state index >= 15 is 0 Å². The van der Waals surface area contributed by atoms with Crippen molar-refractivity contribution in [3.63, 3.8) is 0 Å². The highest BCUT2D eigenvalue weighted by atomic mass is 16.5. The van der Waals surface area contributed by atoms with Crippen LogP contribution in [0.1, 0.15) is 27.2 Å². The second-order valence-corrected chi connectivity index (χ2v) is 6.96. The van der Waals surface area contributed by atoms with Gasteiger partial charge in [-0.15, -0.1) is 0 Å². The topological polar surface area (TPSA) is 59.2 Å². The Bertz CT molecular complexity index is 1150. The maximum atomic E-state index is 13.3. The molecule has 0 aliphatic heterocycles. The molecule has 0 aliphatic rings. The lowest BCUT2D eigenvalue weighted by atomic mass is 10.0. The van der Waals surface area contributed by atoms with Crippen molar-refractivity contribution in [3.05, 3.63) is 83.0 Å². The number of aryl methyl sites for hydroxylation is 2. The monoisotopic (exact) mass is 371 g/mol. The first kappa shape index (κ1) is 17.9. The Morgan fingerprint density at radius 2 is 1.75 bits per heavy atom. The van der Waals surface area contributed by atoms with Crippen molar-refractivity contribution in [2.75, 3.05) is 7.05 Å². The summed E-state index contributed by atoms with van der Waals surface area (Å²) in [6.07, 6.45) is 0. The van der Waals surface area contributed by atoms with Crippen LogP contribution in [0.4, 0.5) is 0 Å². The highest BCUT2D eigenvalue weighted by Crippen LogP contribution is 2.28. The molecule has 140 valence electrons. The number of pyridine rings is 1. The van der Waals surface area contributed by atoms with E-state index in [2.05, 4.69) is 23.1 Å². The molecule has 0 unspecified atom stereocenters. The zero-order valence-corrected chi connectivity index (χ0v) is 16.1. The summed E-state index contributed by atoms with van der Waals surface area (Å²) in [7, 11) is 1.81. The quantitative estimate of drug-likeness (QED) is 0.518. The second-order valence-electron chi connectivity index (χ2n) is 6.96. The molecule has 0 aliphatic carbocycles. The molecule has 2 aromatic heterocycles. The van der Waals surface area contributed by atoms with Gasteiger partial charge in [0.05, 0.1) is 22.3 Å². The molecule has 2 aromatic carbocycles. The van der Waals surface area contributed by atoms with Gasteiger partial charge in [0.15, 0.2) is 0 Å². The van der Waals surface area contributed by atoms with E-state index in [1.165, 1.54) is 0 Å². The molecule has 5 nitrogen and oxygen atoms in total. The van der Waals surface area contributed by atoms with Gasteiger partial charge in [0.1, 0.15) is 0 Å². The first-order valence-electron chi connectivity index (χ1n) is 9.17. The molecule has 0 bridgehead atoms. The highest BCUT2D eigenvalue weighted by Gasteiger charge is 2.22. The summed E-state index contributed by atoms with van der Waals surface area (Å²) in [5, 5.41) is 4.69. The minimum Gasteiger partial charge on any atom is -0.337 e. The molecule has 2 heterocycles. The van der Waals surface area contributed by atoms with Gasteiger partial charge in [-0.2, -0.15) is 0 Å². The summed E-state index contributed by atoms with van der Waals surface area (Å²) >= 11 is 0. The molecule has 28 heavy (non-hydrogen) atoms. The Labute approximate surface area is 163 Å². The van der Waals surface area contributed by atoms with Crippen molar-refractivity contribution < 1.29 is 9.32 Å². The molecule has 0 fully saturated rings. The summed E-state index contributed by atoms with van der Waals surface area (Å²) in [6, 6.07) is 19.7. The van der Waals surface area contributed by atoms with Gasteiger partial charge in [-0.25, -0.2) is 4.98 Å². The van der Waals surface area contributed by atoms with Crippen LogP contribution in [0.3, 0.4) is 0 Å². The molecule has 0 radical (unpaired) electrons. The predicted molar refractivity (Wildman–Crippen MR) is 109 cm³/mol. The highest BCUT2D eigenvalue weighted by molar-refractivity contribution is 6.06. The molecular formula is C23H21N3O2. The number of aromatic nitrogens is 2. The third-order valence-corrected chi connectivity index (χ3v) is 4.93. The molecule has 1 amide bonds. The minimum atomic E-state index is -0.0841. The smallest absolute Gasteiger partial charge is 0.259 e. The Morgan fingerprint density at radius 3 is 2.50 bits per heavy atom. The van der Waals surface area contributed by atoms with Crippen molar-refractivity contribution in [1.29, 1.82) is 0 Å². The van der Waals surface area contributed by atoms with Gasteiger partial charge in [-0.05, 0) is 31.0 Å². The lowest BCUT2D eigenvalue weighted by molar-refractivity contribution is 0.0786. The fraction of sp³-hybridized carbons (Fsp3) is 0.174. The maximum absolute atomic E-state index is 13.3. The summed E-state index contributed by atoms with van der Waals surface area (Å²) in [5.41, 5.74) is 5.49.